The minimum Gasteiger partial charge on any atom is -0.384 e. The first-order chi connectivity index (χ1) is 14.3. The molecule has 2 aromatic rings. The summed E-state index contributed by atoms with van der Waals surface area (Å²) in [6.45, 7) is 5.79. The minimum atomic E-state index is -0.463. The third-order valence-electron chi connectivity index (χ3n) is 6.22. The van der Waals surface area contributed by atoms with Crippen molar-refractivity contribution in [3.05, 3.63) is 58.8 Å². The SMILES string of the molecule is Cc1cccc(C[C@@H]2CC[C@@H](C(=O)N[C@@H](C)C(=O)CCc3ccc(N)nc3C)C2)c1. The van der Waals surface area contributed by atoms with E-state index < -0.39 is 6.04 Å². The molecule has 5 nitrogen and oxygen atoms in total. The molecule has 1 aliphatic rings. The predicted molar refractivity (Wildman–Crippen MR) is 120 cm³/mol. The number of hydrogen-bond donors (Lipinski definition) is 2. The molecular weight excluding hydrogens is 374 g/mol. The van der Waals surface area contributed by atoms with Gasteiger partial charge in [-0.2, -0.15) is 0 Å². The Morgan fingerprint density at radius 3 is 2.73 bits per heavy atom. The summed E-state index contributed by atoms with van der Waals surface area (Å²) in [5.74, 6) is 1.11. The van der Waals surface area contributed by atoms with Crippen molar-refractivity contribution >= 4 is 17.5 Å². The molecule has 0 aliphatic heterocycles. The molecule has 3 N–H and O–H groups in total. The number of amides is 1. The smallest absolute Gasteiger partial charge is 0.223 e. The Morgan fingerprint density at radius 2 is 2.00 bits per heavy atom. The molecule has 1 aromatic heterocycles. The van der Waals surface area contributed by atoms with Crippen LogP contribution in [0.1, 0.15) is 55.0 Å². The highest BCUT2D eigenvalue weighted by atomic mass is 16.2. The molecule has 0 radical (unpaired) electrons. The first-order valence-corrected chi connectivity index (χ1v) is 10.9. The number of pyridine rings is 1. The molecule has 1 amide bonds. The highest BCUT2D eigenvalue weighted by molar-refractivity contribution is 5.89. The second-order valence-electron chi connectivity index (χ2n) is 8.75. The summed E-state index contributed by atoms with van der Waals surface area (Å²) in [5, 5.41) is 2.95. The Morgan fingerprint density at radius 1 is 1.20 bits per heavy atom. The van der Waals surface area contributed by atoms with Gasteiger partial charge < -0.3 is 11.1 Å². The molecular formula is C25H33N3O2. The van der Waals surface area contributed by atoms with Gasteiger partial charge in [0.1, 0.15) is 5.82 Å². The van der Waals surface area contributed by atoms with Gasteiger partial charge in [0.25, 0.3) is 0 Å². The van der Waals surface area contributed by atoms with Crippen LogP contribution in [0.5, 0.6) is 0 Å². The molecule has 30 heavy (non-hydrogen) atoms. The molecule has 1 saturated carbocycles. The molecule has 1 heterocycles. The van der Waals surface area contributed by atoms with Gasteiger partial charge in [-0.05, 0) is 76.0 Å². The summed E-state index contributed by atoms with van der Waals surface area (Å²) < 4.78 is 0. The average Bonchev–Trinajstić information content (AvgIpc) is 3.15. The number of aryl methyl sites for hydroxylation is 3. The van der Waals surface area contributed by atoms with E-state index in [-0.39, 0.29) is 17.6 Å². The predicted octanol–water partition coefficient (Wildman–Crippen LogP) is 3.95. The summed E-state index contributed by atoms with van der Waals surface area (Å²) in [7, 11) is 0. The number of Topliss-reactive ketones (excluding diaryl/α,β-unsaturated/α-hetero) is 1. The lowest BCUT2D eigenvalue weighted by atomic mass is 9.95. The van der Waals surface area contributed by atoms with E-state index in [1.165, 1.54) is 11.1 Å². The molecule has 160 valence electrons. The van der Waals surface area contributed by atoms with Crippen LogP contribution >= 0.6 is 0 Å². The van der Waals surface area contributed by atoms with Crippen molar-refractivity contribution in [2.24, 2.45) is 11.8 Å². The van der Waals surface area contributed by atoms with Gasteiger partial charge >= 0.3 is 0 Å². The van der Waals surface area contributed by atoms with Crippen molar-refractivity contribution in [1.82, 2.24) is 10.3 Å². The van der Waals surface area contributed by atoms with Gasteiger partial charge in [0.05, 0.1) is 6.04 Å². The number of carbonyl (C=O) groups is 2. The number of hydrogen-bond acceptors (Lipinski definition) is 4. The number of aromatic nitrogens is 1. The van der Waals surface area contributed by atoms with Crippen molar-refractivity contribution in [3.8, 4) is 0 Å². The number of anilines is 1. The fraction of sp³-hybridized carbons (Fsp3) is 0.480. The van der Waals surface area contributed by atoms with E-state index in [1.54, 1.807) is 13.0 Å². The summed E-state index contributed by atoms with van der Waals surface area (Å²) in [4.78, 5) is 29.4. The largest absolute Gasteiger partial charge is 0.384 e. The van der Waals surface area contributed by atoms with Crippen molar-refractivity contribution in [3.63, 3.8) is 0 Å². The summed E-state index contributed by atoms with van der Waals surface area (Å²) in [5.41, 5.74) is 10.2. The normalized spacial score (nSPS) is 19.4. The molecule has 1 aliphatic carbocycles. The zero-order chi connectivity index (χ0) is 21.7. The second-order valence-corrected chi connectivity index (χ2v) is 8.75. The number of benzene rings is 1. The Balaban J connectivity index is 1.45. The fourth-order valence-electron chi connectivity index (χ4n) is 4.43. The molecule has 3 rings (SSSR count). The molecule has 3 atom stereocenters. The number of carbonyl (C=O) groups excluding carboxylic acids is 2. The van der Waals surface area contributed by atoms with E-state index in [9.17, 15) is 9.59 Å². The quantitative estimate of drug-likeness (QED) is 0.694. The number of nitrogens with one attached hydrogen (secondary N) is 1. The van der Waals surface area contributed by atoms with Crippen molar-refractivity contribution in [2.75, 3.05) is 5.73 Å². The van der Waals surface area contributed by atoms with E-state index in [1.807, 2.05) is 13.0 Å². The maximum absolute atomic E-state index is 12.7. The van der Waals surface area contributed by atoms with Crippen LogP contribution in [0.25, 0.3) is 0 Å². The van der Waals surface area contributed by atoms with Crippen molar-refractivity contribution < 1.29 is 9.59 Å². The van der Waals surface area contributed by atoms with Gasteiger partial charge in [0.2, 0.25) is 5.91 Å². The number of ketones is 1. The van der Waals surface area contributed by atoms with E-state index >= 15 is 0 Å². The van der Waals surface area contributed by atoms with Crippen LogP contribution in [0.3, 0.4) is 0 Å². The van der Waals surface area contributed by atoms with Crippen LogP contribution in [0, 0.1) is 25.7 Å². The summed E-state index contributed by atoms with van der Waals surface area (Å²) in [6, 6.07) is 11.8. The first kappa shape index (κ1) is 22.0. The van der Waals surface area contributed by atoms with E-state index in [2.05, 4.69) is 41.5 Å². The Kier molecular flexibility index (Phi) is 7.24. The molecule has 1 fully saturated rings. The third kappa shape index (κ3) is 5.91. The lowest BCUT2D eigenvalue weighted by Crippen LogP contribution is -2.41. The number of nitrogen functional groups attached to an aromatic ring is 1. The maximum Gasteiger partial charge on any atom is 0.223 e. The minimum absolute atomic E-state index is 0.0126. The lowest BCUT2D eigenvalue weighted by Gasteiger charge is -2.17. The number of nitrogens with zero attached hydrogens (tertiary/aromatic N) is 1. The van der Waals surface area contributed by atoms with Crippen LogP contribution in [0.15, 0.2) is 36.4 Å². The first-order valence-electron chi connectivity index (χ1n) is 10.9. The molecule has 5 heteroatoms. The van der Waals surface area contributed by atoms with Gasteiger partial charge in [-0.15, -0.1) is 0 Å². The Bertz CT molecular complexity index is 909. The van der Waals surface area contributed by atoms with Crippen LogP contribution in [0.4, 0.5) is 5.82 Å². The third-order valence-corrected chi connectivity index (χ3v) is 6.22. The van der Waals surface area contributed by atoms with Gasteiger partial charge in [-0.1, -0.05) is 35.9 Å². The zero-order valence-electron chi connectivity index (χ0n) is 18.3. The number of nitrogens with two attached hydrogens (primary N) is 1. The Hall–Kier alpha value is -2.69. The fourth-order valence-corrected chi connectivity index (χ4v) is 4.43. The monoisotopic (exact) mass is 407 g/mol. The van der Waals surface area contributed by atoms with Crippen LogP contribution in [-0.2, 0) is 22.4 Å². The van der Waals surface area contributed by atoms with Crippen molar-refractivity contribution in [1.29, 1.82) is 0 Å². The van der Waals surface area contributed by atoms with E-state index in [4.69, 9.17) is 5.73 Å². The molecule has 0 unspecified atom stereocenters. The summed E-state index contributed by atoms with van der Waals surface area (Å²) >= 11 is 0. The molecule has 0 bridgehead atoms. The van der Waals surface area contributed by atoms with Crippen LogP contribution in [-0.4, -0.2) is 22.7 Å². The molecule has 0 saturated heterocycles. The van der Waals surface area contributed by atoms with E-state index in [0.29, 0.717) is 24.6 Å². The topological polar surface area (TPSA) is 85.1 Å². The van der Waals surface area contributed by atoms with Gasteiger partial charge in [0, 0.05) is 18.0 Å². The highest BCUT2D eigenvalue weighted by Gasteiger charge is 2.31. The van der Waals surface area contributed by atoms with E-state index in [0.717, 1.165) is 36.9 Å². The van der Waals surface area contributed by atoms with Crippen molar-refractivity contribution in [2.45, 2.75) is 65.3 Å². The van der Waals surface area contributed by atoms with Gasteiger partial charge in [0.15, 0.2) is 5.78 Å². The molecule has 0 spiro atoms. The van der Waals surface area contributed by atoms with Gasteiger partial charge in [-0.3, -0.25) is 9.59 Å². The second kappa shape index (κ2) is 9.88. The highest BCUT2D eigenvalue weighted by Crippen LogP contribution is 2.33. The van der Waals surface area contributed by atoms with Gasteiger partial charge in [-0.25, -0.2) is 4.98 Å². The van der Waals surface area contributed by atoms with Crippen LogP contribution < -0.4 is 11.1 Å². The van der Waals surface area contributed by atoms with Crippen LogP contribution in [0.2, 0.25) is 0 Å². The average molecular weight is 408 g/mol. The summed E-state index contributed by atoms with van der Waals surface area (Å²) in [6.07, 6.45) is 4.89. The maximum atomic E-state index is 12.7. The Labute approximate surface area is 179 Å². The molecule has 1 aromatic carbocycles. The zero-order valence-corrected chi connectivity index (χ0v) is 18.3. The number of rotatable bonds is 8. The lowest BCUT2D eigenvalue weighted by molar-refractivity contribution is -0.129. The standard InChI is InChI=1S/C25H33N3O2/c1-16-5-4-6-19(13-16)14-20-7-8-22(15-20)25(30)28-18(3)23(29)11-9-21-10-12-24(26)27-17(21)2/h4-6,10,12-13,18,20,22H,7-9,11,14-15H2,1-3H3,(H2,26,27)(H,28,30)/t18-,20-,22+/m0/s1.